The number of aryl methyl sites for hydroxylation is 4. The maximum absolute atomic E-state index is 13.7. The minimum atomic E-state index is -0.0223. The molecule has 3 aromatic heterocycles. The number of rotatable bonds is 11. The van der Waals surface area contributed by atoms with E-state index in [9.17, 15) is 9.59 Å². The van der Waals surface area contributed by atoms with Crippen molar-refractivity contribution in [2.45, 2.75) is 66.5 Å². The number of para-hydroxylation sites is 1. The highest BCUT2D eigenvalue weighted by Crippen LogP contribution is 2.25. The first-order valence-corrected chi connectivity index (χ1v) is 17.1. The highest BCUT2D eigenvalue weighted by atomic mass is 35.5. The lowest BCUT2D eigenvalue weighted by atomic mass is 10.1. The number of fused-ring (bicyclic) bond motifs is 2. The second-order valence-electron chi connectivity index (χ2n) is 12.5. The van der Waals surface area contributed by atoms with Gasteiger partial charge < -0.3 is 9.13 Å². The van der Waals surface area contributed by atoms with Crippen molar-refractivity contribution in [1.29, 1.82) is 0 Å². The summed E-state index contributed by atoms with van der Waals surface area (Å²) in [6.07, 6.45) is 11.3. The van der Waals surface area contributed by atoms with Gasteiger partial charge in [-0.2, -0.15) is 5.10 Å². The lowest BCUT2D eigenvalue weighted by molar-refractivity contribution is 0.631. The molecule has 0 radical (unpaired) electrons. The summed E-state index contributed by atoms with van der Waals surface area (Å²) in [5, 5.41) is 7.51. The molecule has 0 atom stereocenters. The first-order chi connectivity index (χ1) is 23.3. The van der Waals surface area contributed by atoms with Crippen molar-refractivity contribution in [3.63, 3.8) is 0 Å². The molecule has 3 heterocycles. The van der Waals surface area contributed by atoms with Gasteiger partial charge in [-0.15, -0.1) is 0 Å². The van der Waals surface area contributed by atoms with Crippen molar-refractivity contribution in [3.05, 3.63) is 138 Å². The molecule has 7 heteroatoms. The van der Waals surface area contributed by atoms with Crippen LogP contribution >= 0.6 is 11.6 Å². The fourth-order valence-corrected chi connectivity index (χ4v) is 6.37. The lowest BCUT2D eigenvalue weighted by Crippen LogP contribution is -2.22. The zero-order valence-electron chi connectivity index (χ0n) is 28.0. The van der Waals surface area contributed by atoms with E-state index in [0.29, 0.717) is 34.9 Å². The van der Waals surface area contributed by atoms with E-state index in [1.54, 1.807) is 4.68 Å². The number of halogens is 1. The normalized spacial score (nSPS) is 11.9. The molecule has 0 saturated heterocycles. The molecule has 0 unspecified atom stereocenters. The van der Waals surface area contributed by atoms with Crippen LogP contribution in [0.15, 0.2) is 88.5 Å². The predicted octanol–water partition coefficient (Wildman–Crippen LogP) is 9.71. The second-order valence-corrected chi connectivity index (χ2v) is 12.9. The lowest BCUT2D eigenvalue weighted by Gasteiger charge is -2.12. The van der Waals surface area contributed by atoms with Gasteiger partial charge in [0.15, 0.2) is 0 Å². The first-order valence-electron chi connectivity index (χ1n) is 16.8. The number of hydrogen-bond donors (Lipinski definition) is 0. The van der Waals surface area contributed by atoms with Gasteiger partial charge in [0.05, 0.1) is 33.1 Å². The number of unbranched alkanes of at least 4 members (excludes halogenated alkanes) is 2. The summed E-state index contributed by atoms with van der Waals surface area (Å²) >= 11 is 6.65. The second kappa shape index (κ2) is 14.4. The van der Waals surface area contributed by atoms with Gasteiger partial charge in [-0.3, -0.25) is 9.59 Å². The van der Waals surface area contributed by atoms with Crippen molar-refractivity contribution in [3.8, 4) is 5.69 Å². The van der Waals surface area contributed by atoms with E-state index in [0.717, 1.165) is 70.0 Å². The van der Waals surface area contributed by atoms with E-state index in [1.807, 2.05) is 88.0 Å². The number of nitrogens with zero attached hydrogens (tertiary/aromatic N) is 4. The zero-order valence-corrected chi connectivity index (χ0v) is 28.8. The summed E-state index contributed by atoms with van der Waals surface area (Å²) in [6.45, 7) is 9.72. The Bertz CT molecular complexity index is 2300. The van der Waals surface area contributed by atoms with E-state index in [-0.39, 0.29) is 11.1 Å². The van der Waals surface area contributed by atoms with Crippen LogP contribution in [0.2, 0.25) is 5.02 Å². The van der Waals surface area contributed by atoms with Crippen LogP contribution in [0.25, 0.3) is 51.8 Å². The van der Waals surface area contributed by atoms with Crippen LogP contribution in [0.3, 0.4) is 0 Å². The minimum absolute atomic E-state index is 0.0207. The van der Waals surface area contributed by atoms with E-state index in [2.05, 4.69) is 52.0 Å². The van der Waals surface area contributed by atoms with Gasteiger partial charge in [0.25, 0.3) is 11.1 Å². The molecule has 0 N–H and O–H groups in total. The summed E-state index contributed by atoms with van der Waals surface area (Å²) in [4.78, 5) is 27.4. The SMILES string of the molecule is CCCCn1c(=O)c(/C=C/c2cc(/C=C/c3cc4cc(C)ccc4n(CCCC)c3=O)n(-c3ccccc3Cl)n2)cc2cc(C)ccc21. The average molecular weight is 657 g/mol. The molecule has 0 spiro atoms. The molecular formula is C41H41ClN4O2. The zero-order chi connectivity index (χ0) is 33.8. The van der Waals surface area contributed by atoms with E-state index in [4.69, 9.17) is 16.7 Å². The Hall–Kier alpha value is -4.94. The van der Waals surface area contributed by atoms with E-state index < -0.39 is 0 Å². The average Bonchev–Trinajstić information content (AvgIpc) is 3.48. The van der Waals surface area contributed by atoms with Crippen LogP contribution in [-0.2, 0) is 13.1 Å². The molecule has 0 aliphatic carbocycles. The third-order valence-electron chi connectivity index (χ3n) is 8.73. The number of aromatic nitrogens is 4. The van der Waals surface area contributed by atoms with Crippen molar-refractivity contribution < 1.29 is 0 Å². The molecule has 6 rings (SSSR count). The van der Waals surface area contributed by atoms with E-state index in [1.165, 1.54) is 0 Å². The van der Waals surface area contributed by atoms with Crippen molar-refractivity contribution in [1.82, 2.24) is 18.9 Å². The molecule has 0 bridgehead atoms. The van der Waals surface area contributed by atoms with Gasteiger partial charge in [0.2, 0.25) is 0 Å². The maximum Gasteiger partial charge on any atom is 0.258 e. The Morgan fingerprint density at radius 1 is 0.667 bits per heavy atom. The largest absolute Gasteiger partial charge is 0.308 e. The molecule has 3 aromatic carbocycles. The molecule has 0 fully saturated rings. The van der Waals surface area contributed by atoms with Gasteiger partial charge in [-0.05, 0) is 116 Å². The summed E-state index contributed by atoms with van der Waals surface area (Å²) in [6, 6.07) is 25.8. The number of hydrogen-bond acceptors (Lipinski definition) is 3. The monoisotopic (exact) mass is 656 g/mol. The molecular weight excluding hydrogens is 616 g/mol. The predicted molar refractivity (Wildman–Crippen MR) is 202 cm³/mol. The fourth-order valence-electron chi connectivity index (χ4n) is 6.16. The van der Waals surface area contributed by atoms with Crippen molar-refractivity contribution >= 4 is 57.7 Å². The minimum Gasteiger partial charge on any atom is -0.308 e. The van der Waals surface area contributed by atoms with Crippen LogP contribution in [-0.4, -0.2) is 18.9 Å². The molecule has 0 aliphatic heterocycles. The number of pyridine rings is 2. The van der Waals surface area contributed by atoms with Crippen LogP contribution in [0.1, 0.15) is 73.2 Å². The smallest absolute Gasteiger partial charge is 0.258 e. The highest BCUT2D eigenvalue weighted by molar-refractivity contribution is 6.32. The summed E-state index contributed by atoms with van der Waals surface area (Å²) in [7, 11) is 0. The van der Waals surface area contributed by atoms with Gasteiger partial charge in [-0.1, -0.05) is 73.7 Å². The van der Waals surface area contributed by atoms with Crippen LogP contribution in [0.5, 0.6) is 0 Å². The van der Waals surface area contributed by atoms with Crippen molar-refractivity contribution in [2.75, 3.05) is 0 Å². The highest BCUT2D eigenvalue weighted by Gasteiger charge is 2.13. The third-order valence-corrected chi connectivity index (χ3v) is 9.05. The van der Waals surface area contributed by atoms with Crippen molar-refractivity contribution in [2.24, 2.45) is 0 Å². The summed E-state index contributed by atoms with van der Waals surface area (Å²) in [5.41, 5.74) is 7.48. The van der Waals surface area contributed by atoms with Gasteiger partial charge in [0.1, 0.15) is 0 Å². The maximum atomic E-state index is 13.7. The van der Waals surface area contributed by atoms with Crippen LogP contribution in [0.4, 0.5) is 0 Å². The Morgan fingerprint density at radius 2 is 1.21 bits per heavy atom. The summed E-state index contributed by atoms with van der Waals surface area (Å²) in [5.74, 6) is 0. The fraction of sp³-hybridized carbons (Fsp3) is 0.244. The molecule has 0 aliphatic rings. The summed E-state index contributed by atoms with van der Waals surface area (Å²) < 4.78 is 5.55. The molecule has 244 valence electrons. The van der Waals surface area contributed by atoms with Crippen LogP contribution in [0, 0.1) is 13.8 Å². The molecule has 6 nitrogen and oxygen atoms in total. The molecule has 0 amide bonds. The standard InChI is InChI=1S/C41H41ClN4O2/c1-5-7-21-44-37-19-13-28(3)23-32(37)25-30(40(44)47)15-17-34-27-35(46(43-34)39-12-10-9-11-36(39)42)18-16-31-26-33-24-29(4)14-20-38(33)45(41(31)48)22-8-6-2/h9-20,23-27H,5-8,21-22H2,1-4H3/b17-15+,18-16+. The molecule has 48 heavy (non-hydrogen) atoms. The molecule has 0 saturated carbocycles. The first kappa shape index (κ1) is 33.0. The van der Waals surface area contributed by atoms with Gasteiger partial charge in [-0.25, -0.2) is 4.68 Å². The van der Waals surface area contributed by atoms with E-state index >= 15 is 0 Å². The Balaban J connectivity index is 1.44. The topological polar surface area (TPSA) is 61.8 Å². The Labute approximate surface area is 286 Å². The molecule has 6 aromatic rings. The van der Waals surface area contributed by atoms with Crippen LogP contribution < -0.4 is 11.1 Å². The van der Waals surface area contributed by atoms with Gasteiger partial charge >= 0.3 is 0 Å². The quantitative estimate of drug-likeness (QED) is 0.139. The third kappa shape index (κ3) is 6.85. The van der Waals surface area contributed by atoms with Gasteiger partial charge in [0, 0.05) is 24.2 Å². The Kier molecular flexibility index (Phi) is 9.93. The Morgan fingerprint density at radius 3 is 1.75 bits per heavy atom. The number of benzene rings is 3.